The van der Waals surface area contributed by atoms with E-state index in [4.69, 9.17) is 14.7 Å². The van der Waals surface area contributed by atoms with Crippen molar-refractivity contribution in [3.05, 3.63) is 42.1 Å². The van der Waals surface area contributed by atoms with Gasteiger partial charge in [-0.2, -0.15) is 20.2 Å². The third-order valence-corrected chi connectivity index (χ3v) is 5.77. The minimum absolute atomic E-state index is 0.152. The van der Waals surface area contributed by atoms with Gasteiger partial charge in [-0.1, -0.05) is 18.9 Å². The Morgan fingerprint density at radius 1 is 1.10 bits per heavy atom. The van der Waals surface area contributed by atoms with Gasteiger partial charge in [-0.25, -0.2) is 4.98 Å². The largest absolute Gasteiger partial charge is 0.378 e. The maximum Gasteiger partial charge on any atom is 0.238 e. The van der Waals surface area contributed by atoms with Gasteiger partial charge in [-0.05, 0) is 25.0 Å². The van der Waals surface area contributed by atoms with Crippen LogP contribution in [0.15, 0.2) is 30.6 Å². The molecule has 5 rings (SSSR count). The van der Waals surface area contributed by atoms with Crippen LogP contribution in [0.4, 0.5) is 11.9 Å². The molecule has 1 aliphatic heterocycles. The summed E-state index contributed by atoms with van der Waals surface area (Å²) in [6, 6.07) is 8.42. The van der Waals surface area contributed by atoms with E-state index in [0.29, 0.717) is 50.8 Å². The molecule has 0 bridgehead atoms. The maximum absolute atomic E-state index is 9.54. The topological polar surface area (TPSA) is 95.5 Å². The molecule has 0 N–H and O–H groups in total. The summed E-state index contributed by atoms with van der Waals surface area (Å²) in [6.07, 6.45) is 8.62. The zero-order chi connectivity index (χ0) is 20.3. The number of ether oxygens (including phenoxy) is 1. The predicted octanol–water partition coefficient (Wildman–Crippen LogP) is 2.18. The van der Waals surface area contributed by atoms with Crippen LogP contribution >= 0.6 is 0 Å². The first kappa shape index (κ1) is 18.8. The van der Waals surface area contributed by atoms with Crippen molar-refractivity contribution in [3.8, 4) is 6.07 Å². The summed E-state index contributed by atoms with van der Waals surface area (Å²) >= 11 is 0. The van der Waals surface area contributed by atoms with E-state index in [9.17, 15) is 5.26 Å². The molecular weight excluding hydrogens is 380 g/mol. The number of nitrogens with zero attached hydrogens (tertiary/aromatic N) is 8. The van der Waals surface area contributed by atoms with E-state index >= 15 is 0 Å². The normalized spacial score (nSPS) is 17.4. The molecule has 1 saturated carbocycles. The zero-order valence-electron chi connectivity index (χ0n) is 16.8. The minimum atomic E-state index is 0.152. The van der Waals surface area contributed by atoms with Gasteiger partial charge >= 0.3 is 0 Å². The number of aromatic nitrogens is 5. The highest BCUT2D eigenvalue weighted by Gasteiger charge is 2.27. The van der Waals surface area contributed by atoms with E-state index in [1.807, 2.05) is 35.0 Å². The molecule has 9 heteroatoms. The first-order valence-electron chi connectivity index (χ1n) is 10.5. The maximum atomic E-state index is 9.54. The van der Waals surface area contributed by atoms with Crippen molar-refractivity contribution in [2.24, 2.45) is 0 Å². The predicted molar refractivity (Wildman–Crippen MR) is 111 cm³/mol. The lowest BCUT2D eigenvalue weighted by molar-refractivity contribution is 0.122. The number of pyridine rings is 1. The van der Waals surface area contributed by atoms with Gasteiger partial charge in [-0.3, -0.25) is 0 Å². The van der Waals surface area contributed by atoms with Gasteiger partial charge in [0.15, 0.2) is 0 Å². The fourth-order valence-electron chi connectivity index (χ4n) is 4.25. The summed E-state index contributed by atoms with van der Waals surface area (Å²) in [7, 11) is 0. The molecule has 1 aliphatic carbocycles. The molecule has 0 unspecified atom stereocenters. The summed E-state index contributed by atoms with van der Waals surface area (Å²) in [6.45, 7) is 3.30. The zero-order valence-corrected chi connectivity index (χ0v) is 16.8. The number of hydrogen-bond acceptors (Lipinski definition) is 8. The molecule has 30 heavy (non-hydrogen) atoms. The molecule has 9 nitrogen and oxygen atoms in total. The number of anilines is 2. The number of nitriles is 1. The SMILES string of the molecule is N#Cc1nc(N2CCOCC2)nc(N(Cc2cn3ccccc3n2)C2CCCC2)n1. The van der Waals surface area contributed by atoms with E-state index in [2.05, 4.69) is 25.8 Å². The number of morpholine rings is 1. The Bertz CT molecular complexity index is 1030. The molecular formula is C21H24N8O. The molecule has 2 fully saturated rings. The van der Waals surface area contributed by atoms with Crippen LogP contribution in [-0.4, -0.2) is 56.7 Å². The van der Waals surface area contributed by atoms with Crippen LogP contribution in [0.3, 0.4) is 0 Å². The van der Waals surface area contributed by atoms with E-state index < -0.39 is 0 Å². The first-order valence-corrected chi connectivity index (χ1v) is 10.5. The Balaban J connectivity index is 1.51. The summed E-state index contributed by atoms with van der Waals surface area (Å²) in [5.74, 6) is 1.27. The first-order chi connectivity index (χ1) is 14.8. The van der Waals surface area contributed by atoms with Crippen LogP contribution < -0.4 is 9.80 Å². The second-order valence-corrected chi connectivity index (χ2v) is 7.73. The van der Waals surface area contributed by atoms with Crippen molar-refractivity contribution < 1.29 is 4.74 Å². The van der Waals surface area contributed by atoms with Gasteiger partial charge in [0.2, 0.25) is 17.7 Å². The van der Waals surface area contributed by atoms with Gasteiger partial charge in [0.25, 0.3) is 0 Å². The molecule has 3 aromatic heterocycles. The van der Waals surface area contributed by atoms with E-state index in [-0.39, 0.29) is 5.82 Å². The van der Waals surface area contributed by atoms with Crippen molar-refractivity contribution >= 4 is 17.5 Å². The van der Waals surface area contributed by atoms with E-state index in [1.165, 1.54) is 12.8 Å². The average molecular weight is 404 g/mol. The fraction of sp³-hybridized carbons (Fsp3) is 0.476. The van der Waals surface area contributed by atoms with Gasteiger partial charge < -0.3 is 18.9 Å². The molecule has 0 amide bonds. The Kier molecular flexibility index (Phi) is 5.15. The summed E-state index contributed by atoms with van der Waals surface area (Å²) in [4.78, 5) is 22.7. The summed E-state index contributed by atoms with van der Waals surface area (Å²) in [5.41, 5.74) is 1.88. The van der Waals surface area contributed by atoms with Crippen molar-refractivity contribution in [1.82, 2.24) is 24.3 Å². The lowest BCUT2D eigenvalue weighted by Crippen LogP contribution is -2.39. The van der Waals surface area contributed by atoms with Crippen molar-refractivity contribution in [3.63, 3.8) is 0 Å². The number of fused-ring (bicyclic) bond motifs is 1. The third kappa shape index (κ3) is 3.78. The quantitative estimate of drug-likeness (QED) is 0.638. The number of hydrogen-bond donors (Lipinski definition) is 0. The highest BCUT2D eigenvalue weighted by Crippen LogP contribution is 2.29. The molecule has 0 radical (unpaired) electrons. The highest BCUT2D eigenvalue weighted by molar-refractivity contribution is 5.44. The number of rotatable bonds is 5. The Morgan fingerprint density at radius 2 is 1.93 bits per heavy atom. The molecule has 0 spiro atoms. The molecule has 3 aromatic rings. The van der Waals surface area contributed by atoms with Crippen LogP contribution in [0.25, 0.3) is 5.65 Å². The Labute approximate surface area is 175 Å². The molecule has 2 aliphatic rings. The minimum Gasteiger partial charge on any atom is -0.378 e. The van der Waals surface area contributed by atoms with Crippen LogP contribution in [0, 0.1) is 11.3 Å². The third-order valence-electron chi connectivity index (χ3n) is 5.77. The molecule has 4 heterocycles. The van der Waals surface area contributed by atoms with Gasteiger partial charge in [0, 0.05) is 31.5 Å². The van der Waals surface area contributed by atoms with Crippen molar-refractivity contribution in [2.75, 3.05) is 36.1 Å². The average Bonchev–Trinajstić information content (AvgIpc) is 3.47. The fourth-order valence-corrected chi connectivity index (χ4v) is 4.25. The molecule has 154 valence electrons. The Hall–Kier alpha value is -3.25. The van der Waals surface area contributed by atoms with Crippen molar-refractivity contribution in [2.45, 2.75) is 38.3 Å². The lowest BCUT2D eigenvalue weighted by Gasteiger charge is -2.30. The van der Waals surface area contributed by atoms with Crippen LogP contribution in [0.2, 0.25) is 0 Å². The highest BCUT2D eigenvalue weighted by atomic mass is 16.5. The standard InChI is InChI=1S/C21H24N8O/c22-13-18-24-20(27-9-11-30-12-10-27)26-21(25-18)29(17-5-1-2-6-17)15-16-14-28-8-4-3-7-19(28)23-16/h3-4,7-8,14,17H,1-2,5-6,9-12,15H2. The van der Waals surface area contributed by atoms with Gasteiger partial charge in [0.1, 0.15) is 11.7 Å². The monoisotopic (exact) mass is 404 g/mol. The van der Waals surface area contributed by atoms with Crippen LogP contribution in [0.1, 0.15) is 37.2 Å². The second-order valence-electron chi connectivity index (χ2n) is 7.73. The second kappa shape index (κ2) is 8.24. The summed E-state index contributed by atoms with van der Waals surface area (Å²) < 4.78 is 7.47. The van der Waals surface area contributed by atoms with E-state index in [1.54, 1.807) is 0 Å². The smallest absolute Gasteiger partial charge is 0.238 e. The van der Waals surface area contributed by atoms with E-state index in [0.717, 1.165) is 24.2 Å². The summed E-state index contributed by atoms with van der Waals surface area (Å²) in [5, 5.41) is 9.54. The lowest BCUT2D eigenvalue weighted by atomic mass is 10.2. The number of imidazole rings is 1. The molecule has 1 saturated heterocycles. The van der Waals surface area contributed by atoms with Crippen molar-refractivity contribution in [1.29, 1.82) is 5.26 Å². The van der Waals surface area contributed by atoms with Gasteiger partial charge in [-0.15, -0.1) is 0 Å². The van der Waals surface area contributed by atoms with Crippen LogP contribution in [0.5, 0.6) is 0 Å². The van der Waals surface area contributed by atoms with Crippen LogP contribution in [-0.2, 0) is 11.3 Å². The Morgan fingerprint density at radius 3 is 2.70 bits per heavy atom. The van der Waals surface area contributed by atoms with Gasteiger partial charge in [0.05, 0.1) is 25.5 Å². The molecule has 0 atom stereocenters. The molecule has 0 aromatic carbocycles.